The molecule has 8 nitrogen and oxygen atoms in total. The predicted molar refractivity (Wildman–Crippen MR) is 112 cm³/mol. The van der Waals surface area contributed by atoms with Gasteiger partial charge in [0.1, 0.15) is 24.7 Å². The Morgan fingerprint density at radius 3 is 1.42 bits per heavy atom. The maximum Gasteiger partial charge on any atom is 0.303 e. The third-order valence-corrected chi connectivity index (χ3v) is 5.29. The second kappa shape index (κ2) is 11.3. The zero-order chi connectivity index (χ0) is 22.9. The first-order valence-electron chi connectivity index (χ1n) is 9.93. The smallest absolute Gasteiger partial charge is 0.303 e. The molecule has 0 atom stereocenters. The van der Waals surface area contributed by atoms with E-state index >= 15 is 0 Å². The fourth-order valence-electron chi connectivity index (χ4n) is 3.66. The molecule has 0 unspecified atom stereocenters. The van der Waals surface area contributed by atoms with E-state index in [1.807, 2.05) is 6.92 Å². The van der Waals surface area contributed by atoms with Crippen molar-refractivity contribution < 1.29 is 39.5 Å². The number of benzene rings is 2. The third-order valence-electron chi connectivity index (χ3n) is 5.29. The molecule has 0 aromatic heterocycles. The summed E-state index contributed by atoms with van der Waals surface area (Å²) in [6.07, 6.45) is -0.650. The van der Waals surface area contributed by atoms with Crippen LogP contribution in [-0.4, -0.2) is 58.8 Å². The number of rotatable bonds is 13. The molecule has 0 heterocycles. The van der Waals surface area contributed by atoms with E-state index in [1.165, 1.54) is 0 Å². The highest BCUT2D eigenvalue weighted by Crippen LogP contribution is 2.43. The average Bonchev–Trinajstić information content (AvgIpc) is 2.75. The Kier molecular flexibility index (Phi) is 8.84. The quantitative estimate of drug-likeness (QED) is 0.379. The summed E-state index contributed by atoms with van der Waals surface area (Å²) < 4.78 is 10.8. The van der Waals surface area contributed by atoms with Crippen molar-refractivity contribution in [1.82, 2.24) is 0 Å². The van der Waals surface area contributed by atoms with Crippen molar-refractivity contribution >= 4 is 11.9 Å². The van der Waals surface area contributed by atoms with Gasteiger partial charge in [-0.15, -0.1) is 0 Å². The minimum Gasteiger partial charge on any atom is -0.491 e. The monoisotopic (exact) mass is 432 g/mol. The SMILES string of the molecule is CC(c1ccc(OCCO)cc1)(c1ccc(OCCO)cc1)C(CC(=O)O)CC(=O)O. The second-order valence-electron chi connectivity index (χ2n) is 7.29. The van der Waals surface area contributed by atoms with Gasteiger partial charge in [-0.2, -0.15) is 0 Å². The maximum atomic E-state index is 11.6. The number of aliphatic carboxylic acids is 2. The van der Waals surface area contributed by atoms with Crippen LogP contribution in [0.3, 0.4) is 0 Å². The first kappa shape index (κ1) is 24.2. The van der Waals surface area contributed by atoms with Gasteiger partial charge in [-0.25, -0.2) is 0 Å². The molecule has 2 rings (SSSR count). The number of carbonyl (C=O) groups is 2. The Morgan fingerprint density at radius 1 is 0.774 bits per heavy atom. The number of carboxylic acid groups (broad SMARTS) is 2. The lowest BCUT2D eigenvalue weighted by molar-refractivity contribution is -0.141. The van der Waals surface area contributed by atoms with Gasteiger partial charge in [0.2, 0.25) is 0 Å². The predicted octanol–water partition coefficient (Wildman–Crippen LogP) is 2.30. The summed E-state index contributed by atoms with van der Waals surface area (Å²) in [5.41, 5.74) is 0.544. The molecule has 2 aromatic carbocycles. The molecule has 4 N–H and O–H groups in total. The van der Waals surface area contributed by atoms with Gasteiger partial charge in [0.25, 0.3) is 0 Å². The first-order chi connectivity index (χ1) is 14.8. The van der Waals surface area contributed by atoms with E-state index in [9.17, 15) is 19.8 Å². The van der Waals surface area contributed by atoms with Crippen LogP contribution < -0.4 is 9.47 Å². The molecule has 168 valence electrons. The molecule has 0 amide bonds. The van der Waals surface area contributed by atoms with Crippen LogP contribution in [0.1, 0.15) is 30.9 Å². The van der Waals surface area contributed by atoms with Crippen LogP contribution in [0.25, 0.3) is 0 Å². The van der Waals surface area contributed by atoms with Crippen LogP contribution in [0.5, 0.6) is 11.5 Å². The average molecular weight is 432 g/mol. The molecule has 0 aliphatic carbocycles. The number of aliphatic hydroxyl groups is 2. The van der Waals surface area contributed by atoms with Crippen LogP contribution in [0.4, 0.5) is 0 Å². The van der Waals surface area contributed by atoms with Crippen molar-refractivity contribution in [2.75, 3.05) is 26.4 Å². The van der Waals surface area contributed by atoms with Gasteiger partial charge >= 0.3 is 11.9 Å². The number of aliphatic hydroxyl groups excluding tert-OH is 2. The summed E-state index contributed by atoms with van der Waals surface area (Å²) in [6.45, 7) is 1.88. The van der Waals surface area contributed by atoms with E-state index < -0.39 is 23.3 Å². The Hall–Kier alpha value is -3.10. The summed E-state index contributed by atoms with van der Waals surface area (Å²) in [5.74, 6) is -1.80. The highest BCUT2D eigenvalue weighted by Gasteiger charge is 2.40. The summed E-state index contributed by atoms with van der Waals surface area (Å²) in [7, 11) is 0. The van der Waals surface area contributed by atoms with E-state index in [0.717, 1.165) is 11.1 Å². The highest BCUT2D eigenvalue weighted by molar-refractivity contribution is 5.72. The molecule has 0 fully saturated rings. The molecule has 0 aliphatic heterocycles. The molecule has 0 saturated carbocycles. The van der Waals surface area contributed by atoms with Crippen molar-refractivity contribution in [3.8, 4) is 11.5 Å². The zero-order valence-electron chi connectivity index (χ0n) is 17.4. The molecule has 2 aromatic rings. The lowest BCUT2D eigenvalue weighted by Gasteiger charge is -2.38. The molecule has 31 heavy (non-hydrogen) atoms. The lowest BCUT2D eigenvalue weighted by atomic mass is 9.65. The molecule has 0 aliphatic rings. The number of ether oxygens (including phenoxy) is 2. The number of hydrogen-bond acceptors (Lipinski definition) is 6. The Balaban J connectivity index is 2.51. The summed E-state index contributed by atoms with van der Waals surface area (Å²) in [6, 6.07) is 13.9. The minimum absolute atomic E-state index is 0.122. The van der Waals surface area contributed by atoms with Crippen molar-refractivity contribution in [1.29, 1.82) is 0 Å². The van der Waals surface area contributed by atoms with Gasteiger partial charge in [-0.05, 0) is 41.3 Å². The van der Waals surface area contributed by atoms with E-state index in [0.29, 0.717) is 11.5 Å². The fourth-order valence-corrected chi connectivity index (χ4v) is 3.66. The Bertz CT molecular complexity index is 777. The van der Waals surface area contributed by atoms with E-state index in [1.54, 1.807) is 48.5 Å². The minimum atomic E-state index is -1.08. The van der Waals surface area contributed by atoms with Crippen LogP contribution in [-0.2, 0) is 15.0 Å². The molecule has 0 spiro atoms. The van der Waals surface area contributed by atoms with E-state index in [-0.39, 0.29) is 39.3 Å². The third kappa shape index (κ3) is 6.44. The van der Waals surface area contributed by atoms with Gasteiger partial charge in [0, 0.05) is 18.3 Å². The largest absolute Gasteiger partial charge is 0.491 e. The topological polar surface area (TPSA) is 134 Å². The van der Waals surface area contributed by atoms with Crippen molar-refractivity contribution in [3.05, 3.63) is 59.7 Å². The summed E-state index contributed by atoms with van der Waals surface area (Å²) in [5, 5.41) is 36.7. The standard InChI is InChI=1S/C23H28O8/c1-23(18(14-21(26)27)15-22(28)29,16-2-6-19(7-3-16)30-12-10-24)17-4-8-20(9-5-17)31-13-11-25/h2-9,18,24-25H,10-15H2,1H3,(H,26,27)(H,28,29). The Labute approximate surface area is 180 Å². The zero-order valence-corrected chi connectivity index (χ0v) is 17.4. The van der Waals surface area contributed by atoms with Gasteiger partial charge in [-0.3, -0.25) is 9.59 Å². The van der Waals surface area contributed by atoms with Crippen LogP contribution in [0.2, 0.25) is 0 Å². The van der Waals surface area contributed by atoms with Crippen LogP contribution in [0.15, 0.2) is 48.5 Å². The van der Waals surface area contributed by atoms with Crippen molar-refractivity contribution in [2.24, 2.45) is 5.92 Å². The molecular formula is C23H28O8. The van der Waals surface area contributed by atoms with Gasteiger partial charge in [0.05, 0.1) is 13.2 Å². The normalized spacial score (nSPS) is 11.4. The summed E-state index contributed by atoms with van der Waals surface area (Å²) >= 11 is 0. The number of hydrogen-bond donors (Lipinski definition) is 4. The van der Waals surface area contributed by atoms with Crippen molar-refractivity contribution in [2.45, 2.75) is 25.2 Å². The molecular weight excluding hydrogens is 404 g/mol. The lowest BCUT2D eigenvalue weighted by Crippen LogP contribution is -2.36. The van der Waals surface area contributed by atoms with Gasteiger partial charge in [-0.1, -0.05) is 31.2 Å². The molecule has 0 bridgehead atoms. The van der Waals surface area contributed by atoms with Gasteiger partial charge in [0.15, 0.2) is 0 Å². The number of carboxylic acids is 2. The fraction of sp³-hybridized carbons (Fsp3) is 0.391. The second-order valence-corrected chi connectivity index (χ2v) is 7.29. The van der Waals surface area contributed by atoms with E-state index in [4.69, 9.17) is 19.7 Å². The highest BCUT2D eigenvalue weighted by atomic mass is 16.5. The Morgan fingerprint density at radius 2 is 1.13 bits per heavy atom. The van der Waals surface area contributed by atoms with Crippen molar-refractivity contribution in [3.63, 3.8) is 0 Å². The molecule has 0 saturated heterocycles. The van der Waals surface area contributed by atoms with Gasteiger partial charge < -0.3 is 29.9 Å². The first-order valence-corrected chi connectivity index (χ1v) is 9.93. The van der Waals surface area contributed by atoms with Crippen LogP contribution in [0, 0.1) is 5.92 Å². The van der Waals surface area contributed by atoms with Crippen LogP contribution >= 0.6 is 0 Å². The van der Waals surface area contributed by atoms with E-state index in [2.05, 4.69) is 0 Å². The maximum absolute atomic E-state index is 11.6. The molecule has 8 heteroatoms. The summed E-state index contributed by atoms with van der Waals surface area (Å²) in [4.78, 5) is 23.1. The molecule has 0 radical (unpaired) electrons.